The van der Waals surface area contributed by atoms with Crippen molar-refractivity contribution >= 4 is 23.2 Å². The van der Waals surface area contributed by atoms with Gasteiger partial charge in [-0.25, -0.2) is 0 Å². The largest absolute Gasteiger partial charge is 0.396 e. The third-order valence-corrected chi connectivity index (χ3v) is 5.23. The first-order valence-corrected chi connectivity index (χ1v) is 10.1. The number of aryl methyl sites for hydroxylation is 1. The van der Waals surface area contributed by atoms with Crippen molar-refractivity contribution in [3.05, 3.63) is 47.8 Å². The van der Waals surface area contributed by atoms with Crippen molar-refractivity contribution in [3.63, 3.8) is 0 Å². The van der Waals surface area contributed by atoms with Crippen LogP contribution >= 0.6 is 0 Å². The number of benzene rings is 1. The molecule has 0 saturated carbocycles. The third-order valence-electron chi connectivity index (χ3n) is 5.23. The number of amides is 2. The first-order chi connectivity index (χ1) is 14.8. The maximum absolute atomic E-state index is 12.6. The Bertz CT molecular complexity index is 986. The lowest BCUT2D eigenvalue weighted by atomic mass is 9.82. The number of aromatic nitrogens is 3. The zero-order chi connectivity index (χ0) is 22.6. The van der Waals surface area contributed by atoms with Crippen molar-refractivity contribution in [1.29, 1.82) is 0 Å². The second-order valence-corrected chi connectivity index (χ2v) is 7.60. The fourth-order valence-electron chi connectivity index (χ4n) is 3.41. The molecular weight excluding hydrogens is 402 g/mol. The van der Waals surface area contributed by atoms with Crippen LogP contribution in [-0.4, -0.2) is 54.8 Å². The quantitative estimate of drug-likeness (QED) is 0.365. The molecule has 1 aromatic heterocycles. The molecule has 0 saturated heterocycles. The van der Waals surface area contributed by atoms with E-state index in [9.17, 15) is 19.8 Å². The predicted molar refractivity (Wildman–Crippen MR) is 113 cm³/mol. The Kier molecular flexibility index (Phi) is 6.84. The second kappa shape index (κ2) is 9.38. The highest BCUT2D eigenvalue weighted by Crippen LogP contribution is 2.42. The second-order valence-electron chi connectivity index (χ2n) is 7.60. The third kappa shape index (κ3) is 4.82. The smallest absolute Gasteiger partial charge is 0.261 e. The lowest BCUT2D eigenvalue weighted by Crippen LogP contribution is -2.39. The molecule has 3 atom stereocenters. The molecule has 0 aliphatic carbocycles. The summed E-state index contributed by atoms with van der Waals surface area (Å²) in [6.07, 6.45) is 5.28. The number of aliphatic hydroxyl groups excluding tert-OH is 2. The number of fused-ring (bicyclic) bond motifs is 1. The molecule has 10 heteroatoms. The highest BCUT2D eigenvalue weighted by molar-refractivity contribution is 6.06. The molecule has 0 radical (unpaired) electrons. The van der Waals surface area contributed by atoms with Crippen molar-refractivity contribution in [1.82, 2.24) is 15.0 Å². The number of allylic oxidation sites excluding steroid dienone is 1. The first kappa shape index (κ1) is 22.6. The summed E-state index contributed by atoms with van der Waals surface area (Å²) in [4.78, 5) is 24.3. The topological polar surface area (TPSA) is 150 Å². The first-order valence-electron chi connectivity index (χ1n) is 10.1. The van der Waals surface area contributed by atoms with Crippen LogP contribution in [0.4, 0.5) is 11.4 Å². The molecule has 1 aromatic carbocycles. The molecule has 2 heterocycles. The number of nitrogens with zero attached hydrogens (tertiary/aromatic N) is 3. The molecule has 3 rings (SSSR count). The molecule has 1 aliphatic heterocycles. The molecule has 2 amide bonds. The van der Waals surface area contributed by atoms with Crippen LogP contribution in [0.5, 0.6) is 0 Å². The maximum Gasteiger partial charge on any atom is 0.261 e. The van der Waals surface area contributed by atoms with E-state index in [0.29, 0.717) is 42.0 Å². The van der Waals surface area contributed by atoms with E-state index in [1.54, 1.807) is 36.0 Å². The van der Waals surface area contributed by atoms with Crippen LogP contribution in [0, 0.1) is 5.92 Å². The number of carbonyl (C=O) groups is 2. The fourth-order valence-corrected chi connectivity index (χ4v) is 3.41. The van der Waals surface area contributed by atoms with Gasteiger partial charge in [0, 0.05) is 48.6 Å². The minimum atomic E-state index is -1.79. The van der Waals surface area contributed by atoms with E-state index >= 15 is 0 Å². The average molecular weight is 429 g/mol. The van der Waals surface area contributed by atoms with E-state index in [1.165, 1.54) is 13.0 Å². The van der Waals surface area contributed by atoms with Crippen molar-refractivity contribution in [3.8, 4) is 0 Å². The molecule has 1 aliphatic rings. The zero-order valence-corrected chi connectivity index (χ0v) is 17.4. The Labute approximate surface area is 179 Å². The minimum Gasteiger partial charge on any atom is -0.396 e. The Balaban J connectivity index is 1.70. The average Bonchev–Trinajstić information content (AvgIpc) is 3.28. The highest BCUT2D eigenvalue weighted by Gasteiger charge is 2.48. The highest BCUT2D eigenvalue weighted by atomic mass is 16.3. The Morgan fingerprint density at radius 1 is 1.39 bits per heavy atom. The van der Waals surface area contributed by atoms with Gasteiger partial charge in [-0.05, 0) is 31.5 Å². The molecule has 0 spiro atoms. The normalized spacial score (nSPS) is 19.8. The van der Waals surface area contributed by atoms with Crippen molar-refractivity contribution in [2.75, 3.05) is 17.2 Å². The van der Waals surface area contributed by atoms with Gasteiger partial charge in [0.15, 0.2) is 5.60 Å². The molecule has 166 valence electrons. The van der Waals surface area contributed by atoms with Crippen LogP contribution in [-0.2, 0) is 28.2 Å². The lowest BCUT2D eigenvalue weighted by Gasteiger charge is -2.26. The molecule has 2 aromatic rings. The Morgan fingerprint density at radius 3 is 2.87 bits per heavy atom. The molecule has 0 fully saturated rings. The number of rotatable bonds is 9. The summed E-state index contributed by atoms with van der Waals surface area (Å²) in [5, 5.41) is 42.7. The standard InChI is InChI=1S/C21H27N5O5/c1-13(5-3-4-9-26-12-16(8-10-27)24-25-26)21(31)17-11-15(22-19(29)14(2)28)6-7-18(17)23-20(21)30/h3,5-7,11-14,27-28,31H,4,8-10H2,1-2H3,(H,22,29)(H,23,30)/b5-3+/t13-,14+,21+/m1/s1. The van der Waals surface area contributed by atoms with Gasteiger partial charge < -0.3 is 26.0 Å². The van der Waals surface area contributed by atoms with Crippen LogP contribution in [0.2, 0.25) is 0 Å². The van der Waals surface area contributed by atoms with E-state index in [0.717, 1.165) is 0 Å². The summed E-state index contributed by atoms with van der Waals surface area (Å²) in [6, 6.07) is 4.73. The van der Waals surface area contributed by atoms with Gasteiger partial charge in [-0.2, -0.15) is 0 Å². The number of hydrogen-bond acceptors (Lipinski definition) is 7. The lowest BCUT2D eigenvalue weighted by molar-refractivity contribution is -0.137. The molecule has 31 heavy (non-hydrogen) atoms. The van der Waals surface area contributed by atoms with Gasteiger partial charge in [0.1, 0.15) is 6.10 Å². The van der Waals surface area contributed by atoms with Gasteiger partial charge in [0.05, 0.1) is 5.69 Å². The van der Waals surface area contributed by atoms with Crippen LogP contribution in [0.1, 0.15) is 31.5 Å². The summed E-state index contributed by atoms with van der Waals surface area (Å²) in [7, 11) is 0. The van der Waals surface area contributed by atoms with Crippen LogP contribution in [0.25, 0.3) is 0 Å². The van der Waals surface area contributed by atoms with Gasteiger partial charge >= 0.3 is 0 Å². The SMILES string of the molecule is C[C@H](O)C(=O)Nc1ccc2c(c1)[C@@](O)([C@H](C)/C=C/CCn1cc(CCO)nn1)C(=O)N2. The number of hydrogen-bond donors (Lipinski definition) is 5. The van der Waals surface area contributed by atoms with E-state index in [4.69, 9.17) is 5.11 Å². The van der Waals surface area contributed by atoms with E-state index in [1.807, 2.05) is 6.08 Å². The van der Waals surface area contributed by atoms with Gasteiger partial charge in [0.25, 0.3) is 11.8 Å². The van der Waals surface area contributed by atoms with Crippen LogP contribution < -0.4 is 10.6 Å². The number of nitrogens with one attached hydrogen (secondary N) is 2. The number of aliphatic hydroxyl groups is 3. The monoisotopic (exact) mass is 429 g/mol. The van der Waals surface area contributed by atoms with Gasteiger partial charge in [-0.3, -0.25) is 14.3 Å². The predicted octanol–water partition coefficient (Wildman–Crippen LogP) is 0.554. The minimum absolute atomic E-state index is 0.0165. The molecule has 10 nitrogen and oxygen atoms in total. The summed E-state index contributed by atoms with van der Waals surface area (Å²) in [5.41, 5.74) is 0.135. The van der Waals surface area contributed by atoms with Gasteiger partial charge in [-0.1, -0.05) is 24.3 Å². The van der Waals surface area contributed by atoms with Crippen LogP contribution in [0.15, 0.2) is 36.5 Å². The Hall–Kier alpha value is -3.08. The summed E-state index contributed by atoms with van der Waals surface area (Å²) in [5.74, 6) is -1.66. The van der Waals surface area contributed by atoms with Gasteiger partial charge in [-0.15, -0.1) is 5.10 Å². The van der Waals surface area contributed by atoms with Crippen molar-refractivity contribution < 1.29 is 24.9 Å². The summed E-state index contributed by atoms with van der Waals surface area (Å²) in [6.45, 7) is 3.67. The number of carbonyl (C=O) groups excluding carboxylic acids is 2. The molecule has 5 N–H and O–H groups in total. The van der Waals surface area contributed by atoms with E-state index in [-0.39, 0.29) is 6.61 Å². The molecule has 0 bridgehead atoms. The van der Waals surface area contributed by atoms with E-state index in [2.05, 4.69) is 20.9 Å². The maximum atomic E-state index is 12.6. The molecule has 0 unspecified atom stereocenters. The summed E-state index contributed by atoms with van der Waals surface area (Å²) >= 11 is 0. The van der Waals surface area contributed by atoms with Crippen molar-refractivity contribution in [2.45, 2.75) is 44.9 Å². The summed E-state index contributed by atoms with van der Waals surface area (Å²) < 4.78 is 1.67. The Morgan fingerprint density at radius 2 is 2.16 bits per heavy atom. The molecular formula is C21H27N5O5. The van der Waals surface area contributed by atoms with Crippen molar-refractivity contribution in [2.24, 2.45) is 5.92 Å². The van der Waals surface area contributed by atoms with E-state index < -0.39 is 29.4 Å². The van der Waals surface area contributed by atoms with Gasteiger partial charge in [0.2, 0.25) is 0 Å². The number of anilines is 2. The fraction of sp³-hybridized carbons (Fsp3) is 0.429. The van der Waals surface area contributed by atoms with Crippen LogP contribution in [0.3, 0.4) is 0 Å². The zero-order valence-electron chi connectivity index (χ0n) is 17.4.